The SMILES string of the molecule is Nc1c(Nc2ccccc2Br)ncnc1NC1CCCC1. The molecule has 4 N–H and O–H groups in total. The fourth-order valence-electron chi connectivity index (χ4n) is 2.56. The Labute approximate surface area is 132 Å². The predicted molar refractivity (Wildman–Crippen MR) is 89.7 cm³/mol. The number of halogens is 1. The van der Waals surface area contributed by atoms with Crippen molar-refractivity contribution in [2.75, 3.05) is 16.4 Å². The van der Waals surface area contributed by atoms with E-state index in [-0.39, 0.29) is 0 Å². The Kier molecular flexibility index (Phi) is 4.24. The fourth-order valence-corrected chi connectivity index (χ4v) is 2.95. The summed E-state index contributed by atoms with van der Waals surface area (Å²) in [5, 5.41) is 6.66. The quantitative estimate of drug-likeness (QED) is 0.781. The van der Waals surface area contributed by atoms with Crippen molar-refractivity contribution in [3.8, 4) is 0 Å². The molecular weight excluding hydrogens is 330 g/mol. The lowest BCUT2D eigenvalue weighted by atomic mass is 10.2. The standard InChI is InChI=1S/C15H18BrN5/c16-11-7-3-4-8-12(11)21-15-13(17)14(18-9-19-15)20-10-5-1-2-6-10/h3-4,7-10H,1-2,5-6,17H2,(H2,18,19,20,21). The molecule has 21 heavy (non-hydrogen) atoms. The maximum atomic E-state index is 6.19. The van der Waals surface area contributed by atoms with Crippen LogP contribution < -0.4 is 16.4 Å². The second-order valence-electron chi connectivity index (χ2n) is 5.22. The summed E-state index contributed by atoms with van der Waals surface area (Å²) >= 11 is 3.51. The molecule has 110 valence electrons. The van der Waals surface area contributed by atoms with Crippen molar-refractivity contribution in [3.05, 3.63) is 35.1 Å². The van der Waals surface area contributed by atoms with E-state index in [9.17, 15) is 0 Å². The van der Waals surface area contributed by atoms with E-state index in [1.165, 1.54) is 32.0 Å². The highest BCUT2D eigenvalue weighted by molar-refractivity contribution is 9.10. The lowest BCUT2D eigenvalue weighted by molar-refractivity contribution is 0.750. The van der Waals surface area contributed by atoms with Crippen molar-refractivity contribution in [2.24, 2.45) is 0 Å². The minimum Gasteiger partial charge on any atom is -0.393 e. The molecule has 0 aliphatic heterocycles. The third-order valence-electron chi connectivity index (χ3n) is 3.71. The monoisotopic (exact) mass is 347 g/mol. The lowest BCUT2D eigenvalue weighted by Crippen LogP contribution is -2.17. The van der Waals surface area contributed by atoms with Crippen LogP contribution in [0.3, 0.4) is 0 Å². The highest BCUT2D eigenvalue weighted by Crippen LogP contribution is 2.31. The zero-order chi connectivity index (χ0) is 14.7. The highest BCUT2D eigenvalue weighted by atomic mass is 79.9. The van der Waals surface area contributed by atoms with E-state index in [0.717, 1.165) is 10.2 Å². The van der Waals surface area contributed by atoms with Gasteiger partial charge in [-0.25, -0.2) is 9.97 Å². The summed E-state index contributed by atoms with van der Waals surface area (Å²) in [5.74, 6) is 1.34. The maximum absolute atomic E-state index is 6.19. The number of aromatic nitrogens is 2. The molecule has 6 heteroatoms. The molecule has 1 aliphatic rings. The summed E-state index contributed by atoms with van der Waals surface area (Å²) in [6.45, 7) is 0. The molecule has 1 aromatic heterocycles. The van der Waals surface area contributed by atoms with Crippen molar-refractivity contribution < 1.29 is 0 Å². The molecule has 1 saturated carbocycles. The van der Waals surface area contributed by atoms with E-state index in [2.05, 4.69) is 36.5 Å². The molecule has 3 rings (SSSR count). The van der Waals surface area contributed by atoms with Gasteiger partial charge in [-0.3, -0.25) is 0 Å². The molecule has 0 unspecified atom stereocenters. The molecule has 1 heterocycles. The molecule has 5 nitrogen and oxygen atoms in total. The van der Waals surface area contributed by atoms with Crippen LogP contribution >= 0.6 is 15.9 Å². The Bertz CT molecular complexity index is 625. The van der Waals surface area contributed by atoms with Gasteiger partial charge in [-0.05, 0) is 40.9 Å². The van der Waals surface area contributed by atoms with Gasteiger partial charge in [-0.15, -0.1) is 0 Å². The van der Waals surface area contributed by atoms with Gasteiger partial charge in [0.15, 0.2) is 11.6 Å². The van der Waals surface area contributed by atoms with Gasteiger partial charge in [0, 0.05) is 10.5 Å². The Hall–Kier alpha value is -1.82. The average Bonchev–Trinajstić information content (AvgIpc) is 2.98. The Morgan fingerprint density at radius 2 is 1.81 bits per heavy atom. The third-order valence-corrected chi connectivity index (χ3v) is 4.40. The number of anilines is 4. The first-order valence-corrected chi connectivity index (χ1v) is 7.92. The van der Waals surface area contributed by atoms with Crippen molar-refractivity contribution in [2.45, 2.75) is 31.7 Å². The largest absolute Gasteiger partial charge is 0.393 e. The molecule has 0 bridgehead atoms. The Morgan fingerprint density at radius 1 is 1.10 bits per heavy atom. The van der Waals surface area contributed by atoms with Crippen molar-refractivity contribution in [1.29, 1.82) is 0 Å². The zero-order valence-electron chi connectivity index (χ0n) is 11.6. The van der Waals surface area contributed by atoms with Gasteiger partial charge in [0.25, 0.3) is 0 Å². The van der Waals surface area contributed by atoms with E-state index in [0.29, 0.717) is 23.4 Å². The first kappa shape index (κ1) is 14.1. The number of para-hydroxylation sites is 1. The normalized spacial score (nSPS) is 15.1. The Balaban J connectivity index is 1.81. The van der Waals surface area contributed by atoms with E-state index in [1.807, 2.05) is 24.3 Å². The first-order chi connectivity index (χ1) is 10.2. The summed E-state index contributed by atoms with van der Waals surface area (Å²) in [6.07, 6.45) is 6.43. The average molecular weight is 348 g/mol. The number of nitrogens with one attached hydrogen (secondary N) is 2. The third kappa shape index (κ3) is 3.26. The van der Waals surface area contributed by atoms with Gasteiger partial charge in [0.2, 0.25) is 0 Å². The Morgan fingerprint density at radius 3 is 2.57 bits per heavy atom. The van der Waals surface area contributed by atoms with Crippen molar-refractivity contribution in [3.63, 3.8) is 0 Å². The van der Waals surface area contributed by atoms with Gasteiger partial charge < -0.3 is 16.4 Å². The molecule has 0 amide bonds. The minimum atomic E-state index is 0.471. The van der Waals surface area contributed by atoms with Gasteiger partial charge in [0.1, 0.15) is 12.0 Å². The van der Waals surface area contributed by atoms with E-state index in [1.54, 1.807) is 0 Å². The van der Waals surface area contributed by atoms with Crippen LogP contribution in [0.2, 0.25) is 0 Å². The number of nitrogens with two attached hydrogens (primary N) is 1. The molecule has 0 spiro atoms. The lowest BCUT2D eigenvalue weighted by Gasteiger charge is -2.16. The van der Waals surface area contributed by atoms with Gasteiger partial charge in [-0.1, -0.05) is 25.0 Å². The van der Waals surface area contributed by atoms with Gasteiger partial charge in [0.05, 0.1) is 5.69 Å². The molecule has 1 aromatic carbocycles. The smallest absolute Gasteiger partial charge is 0.159 e. The minimum absolute atomic E-state index is 0.471. The summed E-state index contributed by atoms with van der Waals surface area (Å²) in [6, 6.07) is 8.33. The van der Waals surface area contributed by atoms with Crippen LogP contribution in [0.5, 0.6) is 0 Å². The van der Waals surface area contributed by atoms with Crippen molar-refractivity contribution in [1.82, 2.24) is 9.97 Å². The van der Waals surface area contributed by atoms with Crippen LogP contribution in [0.1, 0.15) is 25.7 Å². The van der Waals surface area contributed by atoms with Crippen molar-refractivity contribution >= 4 is 38.9 Å². The number of nitrogen functional groups attached to an aromatic ring is 1. The summed E-state index contributed by atoms with van der Waals surface area (Å²) in [5.41, 5.74) is 7.68. The van der Waals surface area contributed by atoms with Crippen LogP contribution in [0.25, 0.3) is 0 Å². The van der Waals surface area contributed by atoms with E-state index >= 15 is 0 Å². The summed E-state index contributed by atoms with van der Waals surface area (Å²) in [7, 11) is 0. The first-order valence-electron chi connectivity index (χ1n) is 7.12. The van der Waals surface area contributed by atoms with E-state index in [4.69, 9.17) is 5.73 Å². The van der Waals surface area contributed by atoms with Gasteiger partial charge in [-0.2, -0.15) is 0 Å². The molecular formula is C15H18BrN5. The number of hydrogen-bond acceptors (Lipinski definition) is 5. The summed E-state index contributed by atoms with van der Waals surface area (Å²) < 4.78 is 0.966. The van der Waals surface area contributed by atoms with Crippen LogP contribution in [0.15, 0.2) is 35.1 Å². The number of hydrogen-bond donors (Lipinski definition) is 3. The second kappa shape index (κ2) is 6.30. The number of benzene rings is 1. The molecule has 1 fully saturated rings. The van der Waals surface area contributed by atoms with Crippen LogP contribution in [-0.4, -0.2) is 16.0 Å². The van der Waals surface area contributed by atoms with Crippen LogP contribution in [-0.2, 0) is 0 Å². The summed E-state index contributed by atoms with van der Waals surface area (Å²) in [4.78, 5) is 8.51. The van der Waals surface area contributed by atoms with E-state index < -0.39 is 0 Å². The molecule has 1 aliphatic carbocycles. The topological polar surface area (TPSA) is 75.9 Å². The van der Waals surface area contributed by atoms with Crippen LogP contribution in [0, 0.1) is 0 Å². The maximum Gasteiger partial charge on any atom is 0.159 e. The fraction of sp³-hybridized carbons (Fsp3) is 0.333. The molecule has 0 atom stereocenters. The zero-order valence-corrected chi connectivity index (χ0v) is 13.2. The van der Waals surface area contributed by atoms with Crippen LogP contribution in [0.4, 0.5) is 23.0 Å². The number of rotatable bonds is 4. The molecule has 0 saturated heterocycles. The number of nitrogens with zero attached hydrogens (tertiary/aromatic N) is 2. The molecule has 2 aromatic rings. The predicted octanol–water partition coefficient (Wildman–Crippen LogP) is 3.92. The second-order valence-corrected chi connectivity index (χ2v) is 6.07. The van der Waals surface area contributed by atoms with Gasteiger partial charge >= 0.3 is 0 Å². The highest BCUT2D eigenvalue weighted by Gasteiger charge is 2.17. The molecule has 0 radical (unpaired) electrons.